The highest BCUT2D eigenvalue weighted by Crippen LogP contribution is 2.17. The molecular formula is C14H22ClN3O. The summed E-state index contributed by atoms with van der Waals surface area (Å²) in [5, 5.41) is 3.49. The Kier molecular flexibility index (Phi) is 6.09. The van der Waals surface area contributed by atoms with Gasteiger partial charge in [0.25, 0.3) is 5.91 Å². The predicted molar refractivity (Wildman–Crippen MR) is 79.9 cm³/mol. The Morgan fingerprint density at radius 3 is 2.63 bits per heavy atom. The van der Waals surface area contributed by atoms with Gasteiger partial charge in [-0.2, -0.15) is 0 Å². The first-order valence-corrected chi connectivity index (χ1v) is 7.09. The van der Waals surface area contributed by atoms with E-state index in [0.717, 1.165) is 13.0 Å². The molecule has 0 bridgehead atoms. The Morgan fingerprint density at radius 1 is 1.42 bits per heavy atom. The maximum absolute atomic E-state index is 12.4. The second-order valence-electron chi connectivity index (χ2n) is 4.68. The highest BCUT2D eigenvalue weighted by Gasteiger charge is 2.18. The molecule has 0 radical (unpaired) electrons. The van der Waals surface area contributed by atoms with Crippen LogP contribution in [-0.4, -0.2) is 34.9 Å². The van der Waals surface area contributed by atoms with Gasteiger partial charge in [-0.25, -0.2) is 4.98 Å². The van der Waals surface area contributed by atoms with Crippen molar-refractivity contribution in [3.8, 4) is 0 Å². The number of carbonyl (C=O) groups is 1. The Hall–Kier alpha value is -1.29. The van der Waals surface area contributed by atoms with Gasteiger partial charge in [-0.15, -0.1) is 0 Å². The molecule has 0 aliphatic heterocycles. The summed E-state index contributed by atoms with van der Waals surface area (Å²) in [5.74, 6) is 0.638. The van der Waals surface area contributed by atoms with Crippen LogP contribution in [-0.2, 0) is 0 Å². The van der Waals surface area contributed by atoms with Crippen LogP contribution in [0.5, 0.6) is 0 Å². The number of rotatable bonds is 6. The van der Waals surface area contributed by atoms with Crippen LogP contribution in [0.2, 0.25) is 5.15 Å². The largest absolute Gasteiger partial charge is 0.370 e. The molecule has 0 fully saturated rings. The van der Waals surface area contributed by atoms with Crippen molar-refractivity contribution in [3.63, 3.8) is 0 Å². The standard InChI is InChI=1S/C14H22ClN3O/c1-5-7-16-13-9-11(8-12(15)17-13)14(19)18(6-2)10(3)4/h8-10H,5-7H2,1-4H3,(H,16,17). The molecule has 0 aliphatic rings. The van der Waals surface area contributed by atoms with E-state index in [2.05, 4.69) is 17.2 Å². The number of hydrogen-bond acceptors (Lipinski definition) is 3. The van der Waals surface area contributed by atoms with Crippen LogP contribution in [0.1, 0.15) is 44.5 Å². The third kappa shape index (κ3) is 4.39. The molecule has 5 heteroatoms. The molecule has 0 aliphatic carbocycles. The molecule has 1 N–H and O–H groups in total. The van der Waals surface area contributed by atoms with E-state index in [1.807, 2.05) is 20.8 Å². The molecule has 0 saturated heterocycles. The van der Waals surface area contributed by atoms with Crippen molar-refractivity contribution in [1.82, 2.24) is 9.88 Å². The van der Waals surface area contributed by atoms with Gasteiger partial charge in [0.2, 0.25) is 0 Å². The van der Waals surface area contributed by atoms with E-state index in [0.29, 0.717) is 23.1 Å². The summed E-state index contributed by atoms with van der Waals surface area (Å²) in [6.45, 7) is 9.52. The number of aromatic nitrogens is 1. The minimum absolute atomic E-state index is 0.0126. The fourth-order valence-electron chi connectivity index (χ4n) is 1.87. The number of hydrogen-bond donors (Lipinski definition) is 1. The van der Waals surface area contributed by atoms with Crippen LogP contribution in [0.25, 0.3) is 0 Å². The minimum Gasteiger partial charge on any atom is -0.370 e. The van der Waals surface area contributed by atoms with E-state index >= 15 is 0 Å². The van der Waals surface area contributed by atoms with E-state index < -0.39 is 0 Å². The molecule has 1 aromatic rings. The number of halogens is 1. The number of anilines is 1. The second-order valence-corrected chi connectivity index (χ2v) is 5.06. The lowest BCUT2D eigenvalue weighted by atomic mass is 10.2. The van der Waals surface area contributed by atoms with Crippen LogP contribution in [0.3, 0.4) is 0 Å². The quantitative estimate of drug-likeness (QED) is 0.814. The molecule has 1 aromatic heterocycles. The van der Waals surface area contributed by atoms with Gasteiger partial charge in [0, 0.05) is 24.7 Å². The zero-order valence-corrected chi connectivity index (χ0v) is 12.8. The molecule has 0 saturated carbocycles. The smallest absolute Gasteiger partial charge is 0.254 e. The van der Waals surface area contributed by atoms with Crippen molar-refractivity contribution < 1.29 is 4.79 Å². The van der Waals surface area contributed by atoms with Gasteiger partial charge in [0.1, 0.15) is 11.0 Å². The Labute approximate surface area is 120 Å². The average molecular weight is 284 g/mol. The summed E-state index contributed by atoms with van der Waals surface area (Å²) < 4.78 is 0. The van der Waals surface area contributed by atoms with Gasteiger partial charge in [-0.3, -0.25) is 4.79 Å². The Bertz CT molecular complexity index is 435. The first kappa shape index (κ1) is 15.8. The van der Waals surface area contributed by atoms with Crippen molar-refractivity contribution in [2.24, 2.45) is 0 Å². The van der Waals surface area contributed by atoms with E-state index in [-0.39, 0.29) is 11.9 Å². The van der Waals surface area contributed by atoms with Crippen molar-refractivity contribution in [3.05, 3.63) is 22.8 Å². The summed E-state index contributed by atoms with van der Waals surface area (Å²) in [6.07, 6.45) is 0.991. The monoisotopic (exact) mass is 283 g/mol. The Balaban J connectivity index is 2.99. The number of amides is 1. The predicted octanol–water partition coefficient (Wildman–Crippen LogP) is 3.43. The molecule has 1 rings (SSSR count). The summed E-state index contributed by atoms with van der Waals surface area (Å²) in [4.78, 5) is 18.4. The van der Waals surface area contributed by atoms with Gasteiger partial charge >= 0.3 is 0 Å². The maximum atomic E-state index is 12.4. The van der Waals surface area contributed by atoms with Gasteiger partial charge in [-0.05, 0) is 39.3 Å². The van der Waals surface area contributed by atoms with Gasteiger partial charge < -0.3 is 10.2 Å². The zero-order valence-electron chi connectivity index (χ0n) is 12.0. The lowest BCUT2D eigenvalue weighted by molar-refractivity contribution is 0.0717. The number of nitrogens with one attached hydrogen (secondary N) is 1. The lowest BCUT2D eigenvalue weighted by Gasteiger charge is -2.25. The van der Waals surface area contributed by atoms with Gasteiger partial charge in [0.15, 0.2) is 0 Å². The first-order valence-electron chi connectivity index (χ1n) is 6.72. The van der Waals surface area contributed by atoms with Crippen LogP contribution in [0.15, 0.2) is 12.1 Å². The minimum atomic E-state index is -0.0126. The highest BCUT2D eigenvalue weighted by molar-refractivity contribution is 6.29. The number of pyridine rings is 1. The number of carbonyl (C=O) groups excluding carboxylic acids is 1. The molecule has 0 aromatic carbocycles. The lowest BCUT2D eigenvalue weighted by Crippen LogP contribution is -2.36. The summed E-state index contributed by atoms with van der Waals surface area (Å²) >= 11 is 5.98. The first-order chi connectivity index (χ1) is 8.99. The van der Waals surface area contributed by atoms with E-state index in [1.54, 1.807) is 17.0 Å². The molecule has 106 valence electrons. The van der Waals surface area contributed by atoms with Crippen molar-refractivity contribution >= 4 is 23.3 Å². The van der Waals surface area contributed by atoms with Gasteiger partial charge in [0.05, 0.1) is 0 Å². The van der Waals surface area contributed by atoms with Crippen molar-refractivity contribution in [1.29, 1.82) is 0 Å². The van der Waals surface area contributed by atoms with Gasteiger partial charge in [-0.1, -0.05) is 18.5 Å². The molecule has 0 spiro atoms. The molecule has 1 amide bonds. The summed E-state index contributed by atoms with van der Waals surface area (Å²) in [6, 6.07) is 3.54. The summed E-state index contributed by atoms with van der Waals surface area (Å²) in [7, 11) is 0. The van der Waals surface area contributed by atoms with E-state index in [4.69, 9.17) is 11.6 Å². The van der Waals surface area contributed by atoms with Crippen molar-refractivity contribution in [2.45, 2.75) is 40.2 Å². The zero-order chi connectivity index (χ0) is 14.4. The third-order valence-corrected chi connectivity index (χ3v) is 3.02. The van der Waals surface area contributed by atoms with Crippen LogP contribution < -0.4 is 5.32 Å². The van der Waals surface area contributed by atoms with E-state index in [1.165, 1.54) is 0 Å². The fraction of sp³-hybridized carbons (Fsp3) is 0.571. The molecular weight excluding hydrogens is 262 g/mol. The summed E-state index contributed by atoms with van der Waals surface area (Å²) in [5.41, 5.74) is 0.578. The normalized spacial score (nSPS) is 10.6. The fourth-order valence-corrected chi connectivity index (χ4v) is 2.08. The number of nitrogens with zero attached hydrogens (tertiary/aromatic N) is 2. The van der Waals surface area contributed by atoms with Crippen LogP contribution >= 0.6 is 11.6 Å². The maximum Gasteiger partial charge on any atom is 0.254 e. The molecule has 0 unspecified atom stereocenters. The average Bonchev–Trinajstić information content (AvgIpc) is 2.36. The SMILES string of the molecule is CCCNc1cc(C(=O)N(CC)C(C)C)cc(Cl)n1. The molecule has 4 nitrogen and oxygen atoms in total. The molecule has 19 heavy (non-hydrogen) atoms. The van der Waals surface area contributed by atoms with E-state index in [9.17, 15) is 4.79 Å². The third-order valence-electron chi connectivity index (χ3n) is 2.82. The Morgan fingerprint density at radius 2 is 2.11 bits per heavy atom. The van der Waals surface area contributed by atoms with Crippen molar-refractivity contribution in [2.75, 3.05) is 18.4 Å². The van der Waals surface area contributed by atoms with Crippen LogP contribution in [0, 0.1) is 0 Å². The molecule has 0 atom stereocenters. The second kappa shape index (κ2) is 7.34. The molecule has 1 heterocycles. The highest BCUT2D eigenvalue weighted by atomic mass is 35.5. The van der Waals surface area contributed by atoms with Crippen LogP contribution in [0.4, 0.5) is 5.82 Å². The topological polar surface area (TPSA) is 45.2 Å².